The molecule has 0 aliphatic heterocycles. The van der Waals surface area contributed by atoms with E-state index < -0.39 is 0 Å². The Morgan fingerprint density at radius 1 is 0.879 bits per heavy atom. The first-order valence-electron chi connectivity index (χ1n) is 10.7. The lowest BCUT2D eigenvalue weighted by molar-refractivity contribution is 0.101. The van der Waals surface area contributed by atoms with Crippen molar-refractivity contribution in [2.75, 3.05) is 5.32 Å². The molecular weight excluding hydrogens is 410 g/mol. The van der Waals surface area contributed by atoms with Crippen LogP contribution in [-0.4, -0.2) is 25.7 Å². The smallest absolute Gasteiger partial charge is 0.163 e. The van der Waals surface area contributed by atoms with Crippen LogP contribution in [0.25, 0.3) is 33.4 Å². The number of pyridine rings is 2. The maximum absolute atomic E-state index is 11.9. The first-order valence-corrected chi connectivity index (χ1v) is 10.7. The van der Waals surface area contributed by atoms with Gasteiger partial charge in [0.1, 0.15) is 5.82 Å². The number of anilines is 1. The van der Waals surface area contributed by atoms with Gasteiger partial charge in [-0.15, -0.1) is 0 Å². The van der Waals surface area contributed by atoms with Crippen molar-refractivity contribution in [2.24, 2.45) is 0 Å². The molecule has 3 heterocycles. The number of aromatic nitrogens is 4. The van der Waals surface area contributed by atoms with E-state index in [9.17, 15) is 4.79 Å². The molecular formula is C27H21N5O. The van der Waals surface area contributed by atoms with E-state index in [1.54, 1.807) is 24.7 Å². The van der Waals surface area contributed by atoms with Crippen LogP contribution in [0.5, 0.6) is 0 Å². The summed E-state index contributed by atoms with van der Waals surface area (Å²) in [5.74, 6) is 1.16. The molecule has 5 rings (SSSR count). The molecule has 0 aliphatic carbocycles. The zero-order valence-electron chi connectivity index (χ0n) is 18.1. The lowest BCUT2D eigenvalue weighted by atomic mass is 10.0. The monoisotopic (exact) mass is 431 g/mol. The second-order valence-corrected chi connectivity index (χ2v) is 7.65. The van der Waals surface area contributed by atoms with E-state index in [2.05, 4.69) is 33.5 Å². The van der Waals surface area contributed by atoms with Crippen LogP contribution in [0.2, 0.25) is 0 Å². The molecule has 0 saturated heterocycles. The number of nitrogens with zero attached hydrogens (tertiary/aromatic N) is 4. The molecule has 0 unspecified atom stereocenters. The average molecular weight is 431 g/mol. The van der Waals surface area contributed by atoms with Crippen molar-refractivity contribution in [3.05, 3.63) is 103 Å². The number of fused-ring (bicyclic) bond motifs is 1. The Morgan fingerprint density at radius 3 is 2.52 bits per heavy atom. The molecule has 6 heteroatoms. The highest BCUT2D eigenvalue weighted by molar-refractivity contribution is 6.02. The number of carbonyl (C=O) groups excluding carboxylic acids is 1. The van der Waals surface area contributed by atoms with E-state index in [1.165, 1.54) is 6.92 Å². The number of benzene rings is 2. The Balaban J connectivity index is 1.68. The number of hydrogen-bond acceptors (Lipinski definition) is 6. The summed E-state index contributed by atoms with van der Waals surface area (Å²) in [6, 6.07) is 23.8. The normalized spacial score (nSPS) is 10.8. The van der Waals surface area contributed by atoms with Crippen molar-refractivity contribution in [1.29, 1.82) is 0 Å². The minimum atomic E-state index is -0.0509. The van der Waals surface area contributed by atoms with Gasteiger partial charge in [-0.2, -0.15) is 0 Å². The van der Waals surface area contributed by atoms with Crippen molar-refractivity contribution in [2.45, 2.75) is 13.5 Å². The third kappa shape index (κ3) is 4.32. The van der Waals surface area contributed by atoms with E-state index in [-0.39, 0.29) is 5.78 Å². The van der Waals surface area contributed by atoms with Crippen molar-refractivity contribution in [3.63, 3.8) is 0 Å². The fourth-order valence-corrected chi connectivity index (χ4v) is 3.73. The lowest BCUT2D eigenvalue weighted by Gasteiger charge is -2.14. The van der Waals surface area contributed by atoms with Crippen LogP contribution in [0.4, 0.5) is 5.82 Å². The summed E-state index contributed by atoms with van der Waals surface area (Å²) in [5, 5.41) is 4.39. The van der Waals surface area contributed by atoms with Crippen LogP contribution in [0.1, 0.15) is 23.0 Å². The van der Waals surface area contributed by atoms with E-state index in [1.807, 2.05) is 48.5 Å². The molecule has 1 N–H and O–H groups in total. The van der Waals surface area contributed by atoms with Gasteiger partial charge in [-0.25, -0.2) is 9.97 Å². The quantitative estimate of drug-likeness (QED) is 0.354. The van der Waals surface area contributed by atoms with Crippen molar-refractivity contribution in [3.8, 4) is 22.5 Å². The minimum Gasteiger partial charge on any atom is -0.364 e. The minimum absolute atomic E-state index is 0.0509. The fraction of sp³-hybridized carbons (Fsp3) is 0.0741. The second kappa shape index (κ2) is 8.96. The molecule has 5 aromatic rings. The number of hydrogen-bond donors (Lipinski definition) is 1. The first kappa shape index (κ1) is 20.5. The molecule has 0 radical (unpaired) electrons. The Morgan fingerprint density at radius 2 is 1.73 bits per heavy atom. The molecule has 0 atom stereocenters. The molecule has 160 valence electrons. The number of ketones is 1. The van der Waals surface area contributed by atoms with Gasteiger partial charge < -0.3 is 5.32 Å². The van der Waals surface area contributed by atoms with E-state index in [0.717, 1.165) is 27.7 Å². The van der Waals surface area contributed by atoms with Crippen molar-refractivity contribution in [1.82, 2.24) is 19.9 Å². The molecule has 0 saturated carbocycles. The fourth-order valence-electron chi connectivity index (χ4n) is 3.73. The van der Waals surface area contributed by atoms with Crippen LogP contribution >= 0.6 is 0 Å². The van der Waals surface area contributed by atoms with Gasteiger partial charge in [0.15, 0.2) is 11.6 Å². The van der Waals surface area contributed by atoms with Crippen LogP contribution in [0, 0.1) is 0 Å². The van der Waals surface area contributed by atoms with Crippen LogP contribution in [0.15, 0.2) is 91.4 Å². The van der Waals surface area contributed by atoms with E-state index in [0.29, 0.717) is 29.3 Å². The molecule has 0 aliphatic rings. The summed E-state index contributed by atoms with van der Waals surface area (Å²) in [4.78, 5) is 30.2. The van der Waals surface area contributed by atoms with Gasteiger partial charge in [0.2, 0.25) is 0 Å². The van der Waals surface area contributed by atoms with Gasteiger partial charge in [0.05, 0.1) is 23.1 Å². The predicted molar refractivity (Wildman–Crippen MR) is 130 cm³/mol. The summed E-state index contributed by atoms with van der Waals surface area (Å²) in [6.07, 6.45) is 5.01. The molecule has 6 nitrogen and oxygen atoms in total. The SMILES string of the molecule is CC(=O)c1cncc(-c2nc(NCc3ccccn3)c3c(-c4ccccc4)cccc3n2)c1. The molecule has 0 fully saturated rings. The molecule has 0 amide bonds. The topological polar surface area (TPSA) is 80.7 Å². The van der Waals surface area contributed by atoms with Gasteiger partial charge in [-0.3, -0.25) is 14.8 Å². The highest BCUT2D eigenvalue weighted by Crippen LogP contribution is 2.34. The van der Waals surface area contributed by atoms with E-state index >= 15 is 0 Å². The summed E-state index contributed by atoms with van der Waals surface area (Å²) >= 11 is 0. The summed E-state index contributed by atoms with van der Waals surface area (Å²) in [6.45, 7) is 2.04. The Kier molecular flexibility index (Phi) is 5.55. The average Bonchev–Trinajstić information content (AvgIpc) is 2.88. The van der Waals surface area contributed by atoms with Crippen molar-refractivity contribution < 1.29 is 4.79 Å². The highest BCUT2D eigenvalue weighted by atomic mass is 16.1. The predicted octanol–water partition coefficient (Wildman–Crippen LogP) is 5.57. The zero-order valence-corrected chi connectivity index (χ0v) is 18.1. The zero-order chi connectivity index (χ0) is 22.6. The molecule has 0 spiro atoms. The number of rotatable bonds is 6. The Hall–Kier alpha value is -4.45. The van der Waals surface area contributed by atoms with Gasteiger partial charge >= 0.3 is 0 Å². The van der Waals surface area contributed by atoms with Gasteiger partial charge in [-0.1, -0.05) is 48.5 Å². The van der Waals surface area contributed by atoms with Gasteiger partial charge in [0.25, 0.3) is 0 Å². The summed E-state index contributed by atoms with van der Waals surface area (Å²) in [5.41, 5.74) is 5.05. The van der Waals surface area contributed by atoms with Gasteiger partial charge in [0, 0.05) is 29.7 Å². The molecule has 0 bridgehead atoms. The van der Waals surface area contributed by atoms with E-state index in [4.69, 9.17) is 9.97 Å². The number of carbonyl (C=O) groups is 1. The maximum Gasteiger partial charge on any atom is 0.163 e. The van der Waals surface area contributed by atoms with Crippen LogP contribution in [-0.2, 0) is 6.54 Å². The maximum atomic E-state index is 11.9. The van der Waals surface area contributed by atoms with Crippen LogP contribution in [0.3, 0.4) is 0 Å². The molecule has 33 heavy (non-hydrogen) atoms. The molecule has 2 aromatic carbocycles. The molecule has 3 aromatic heterocycles. The number of Topliss-reactive ketones (excluding diaryl/α,β-unsaturated/α-hetero) is 1. The highest BCUT2D eigenvalue weighted by Gasteiger charge is 2.15. The third-order valence-electron chi connectivity index (χ3n) is 5.37. The van der Waals surface area contributed by atoms with Gasteiger partial charge in [-0.05, 0) is 42.3 Å². The number of nitrogens with one attached hydrogen (secondary N) is 1. The van der Waals surface area contributed by atoms with Crippen LogP contribution < -0.4 is 5.32 Å². The largest absolute Gasteiger partial charge is 0.364 e. The Labute approximate surface area is 191 Å². The summed E-state index contributed by atoms with van der Waals surface area (Å²) < 4.78 is 0. The lowest BCUT2D eigenvalue weighted by Crippen LogP contribution is -2.06. The Bertz CT molecular complexity index is 1440. The third-order valence-corrected chi connectivity index (χ3v) is 5.37. The second-order valence-electron chi connectivity index (χ2n) is 7.65. The summed E-state index contributed by atoms with van der Waals surface area (Å²) in [7, 11) is 0. The standard InChI is InChI=1S/C27H21N5O/c1-18(33)20-14-21(16-28-15-20)26-31-24-12-7-11-23(19-8-3-2-4-9-19)25(24)27(32-26)30-17-22-10-5-6-13-29-22/h2-16H,17H2,1H3,(H,30,31,32). The first-order chi connectivity index (χ1) is 16.2. The van der Waals surface area contributed by atoms with Crippen molar-refractivity contribution >= 4 is 22.5 Å².